The lowest BCUT2D eigenvalue weighted by molar-refractivity contribution is -0.136. The number of aromatic nitrogens is 3. The van der Waals surface area contributed by atoms with Gasteiger partial charge in [0.25, 0.3) is 5.91 Å². The van der Waals surface area contributed by atoms with Gasteiger partial charge in [0.05, 0.1) is 101 Å². The largest absolute Gasteiger partial charge is 0.493 e. The van der Waals surface area contributed by atoms with Crippen molar-refractivity contribution in [1.29, 1.82) is 5.26 Å². The zero-order valence-electron chi connectivity index (χ0n) is 54.7. The van der Waals surface area contributed by atoms with Crippen LogP contribution in [0.3, 0.4) is 0 Å². The Hall–Kier alpha value is -7.23. The zero-order chi connectivity index (χ0) is 66.3. The normalized spacial score (nSPS) is 20.4. The maximum atomic E-state index is 14.9. The molecular weight excluding hydrogens is 1240 g/mol. The second kappa shape index (κ2) is 29.8. The number of halogens is 3. The van der Waals surface area contributed by atoms with Crippen LogP contribution in [0.15, 0.2) is 102 Å². The predicted octanol–water partition coefficient (Wildman–Crippen LogP) is 10.1. The van der Waals surface area contributed by atoms with E-state index < -0.39 is 23.2 Å². The number of nitrogen functional groups attached to an aromatic ring is 1. The van der Waals surface area contributed by atoms with E-state index in [2.05, 4.69) is 88.8 Å². The zero-order valence-corrected chi connectivity index (χ0v) is 56.2. The maximum Gasteiger partial charge on any atom is 0.254 e. The van der Waals surface area contributed by atoms with Crippen molar-refractivity contribution in [3.05, 3.63) is 158 Å². The monoisotopic (exact) mass is 1320 g/mol. The van der Waals surface area contributed by atoms with Gasteiger partial charge in [0.2, 0.25) is 5.91 Å². The van der Waals surface area contributed by atoms with Gasteiger partial charge in [-0.05, 0) is 135 Å². The van der Waals surface area contributed by atoms with Gasteiger partial charge in [-0.2, -0.15) is 10.4 Å². The first-order valence-corrected chi connectivity index (χ1v) is 33.6. The van der Waals surface area contributed by atoms with Crippen molar-refractivity contribution in [2.24, 2.45) is 4.99 Å². The lowest BCUT2D eigenvalue weighted by Crippen LogP contribution is -2.63. The number of amides is 2. The molecule has 6 heterocycles. The summed E-state index contributed by atoms with van der Waals surface area (Å²) in [6.07, 6.45) is 3.86. The Labute approximate surface area is 560 Å². The standard InChI is InChI=1S/C71H87Cl2FN12O8/c1-7-94-62-42-50(69(2,3)4)14-22-56(62)66-79-70(5,48-10-15-51(72)16-11-48)71(6,49-12-17-52(73)18-13-49)86(66)68(89)82-30-28-81(29-31-82)32-34-91-36-38-93-40-39-92-37-35-90-33-24-63(87)77-25-27-85-61(44-75)64-47-41-60(65(76)78-45-47)83-26-8-9-59(83)57-43-53(74)19-23-55(57)67(88)84(54-20-21-54)46-58(64)80-85/h10-19,22-23,41-43,45,54,59,68,89H,7-9,20-21,24-40,46H2,1-6H3,(H2,76,78)(H,77,87)/t59-,68?,70+,71-/m1/s1. The van der Waals surface area contributed by atoms with E-state index in [1.54, 1.807) is 21.8 Å². The second-order valence-corrected chi connectivity index (χ2v) is 26.9. The molecule has 2 aromatic heterocycles. The molecule has 4 atom stereocenters. The number of nitrogens with two attached hydrogens (primary N) is 1. The minimum absolute atomic E-state index is 0.0186. The molecule has 4 aliphatic heterocycles. The minimum Gasteiger partial charge on any atom is -0.493 e. The van der Waals surface area contributed by atoms with Gasteiger partial charge in [-0.3, -0.25) is 29.1 Å². The van der Waals surface area contributed by atoms with E-state index in [-0.39, 0.29) is 67.7 Å². The summed E-state index contributed by atoms with van der Waals surface area (Å²) < 4.78 is 46.1. The highest BCUT2D eigenvalue weighted by Crippen LogP contribution is 2.55. The number of rotatable bonds is 26. The van der Waals surface area contributed by atoms with E-state index in [1.807, 2.05) is 61.5 Å². The van der Waals surface area contributed by atoms with Crippen LogP contribution in [0.2, 0.25) is 10.0 Å². The highest BCUT2D eigenvalue weighted by Gasteiger charge is 2.60. The molecule has 0 radical (unpaired) electrons. The molecule has 2 bridgehead atoms. The van der Waals surface area contributed by atoms with Gasteiger partial charge >= 0.3 is 0 Å². The molecule has 94 heavy (non-hydrogen) atoms. The quantitative estimate of drug-likeness (QED) is 0.0430. The fourth-order valence-corrected chi connectivity index (χ4v) is 13.7. The van der Waals surface area contributed by atoms with Crippen molar-refractivity contribution in [1.82, 2.24) is 39.7 Å². The number of pyridine rings is 1. The Morgan fingerprint density at radius 2 is 1.47 bits per heavy atom. The molecule has 1 unspecified atom stereocenters. The first-order valence-electron chi connectivity index (χ1n) is 32.8. The van der Waals surface area contributed by atoms with E-state index in [9.17, 15) is 24.3 Å². The SMILES string of the molecule is CCOc1cc(C(C)(C)C)ccc1C1=N[C@@](C)(c2ccc(Cl)cc2)[C@@](C)(c2ccc(Cl)cc2)N1C(O)N1CCN(CCOCCOCCOCCOCCC(=O)NCCn2nc3c(c2C#N)-c2cnc(N)c(c2)N2CCC[C@@H]2c2cc(F)ccc2C(=O)N(C2CC2)C3)CC1. The summed E-state index contributed by atoms with van der Waals surface area (Å²) in [6.45, 7) is 20.8. The summed E-state index contributed by atoms with van der Waals surface area (Å²) in [4.78, 5) is 48.1. The van der Waals surface area contributed by atoms with Crippen LogP contribution in [0.5, 0.6) is 5.75 Å². The number of nitriles is 1. The molecule has 1 aliphatic carbocycles. The van der Waals surface area contributed by atoms with Crippen molar-refractivity contribution >= 4 is 52.4 Å². The molecule has 4 aromatic carbocycles. The number of aliphatic imine (C=N–C) groups is 1. The molecule has 20 nitrogen and oxygen atoms in total. The fraction of sp³-hybridized carbons (Fsp3) is 0.493. The highest BCUT2D eigenvalue weighted by molar-refractivity contribution is 6.30. The predicted molar refractivity (Wildman–Crippen MR) is 360 cm³/mol. The number of nitrogens with zero attached hydrogens (tertiary/aromatic N) is 10. The molecule has 4 N–H and O–H groups in total. The molecule has 500 valence electrons. The lowest BCUT2D eigenvalue weighted by Gasteiger charge is -2.51. The van der Waals surface area contributed by atoms with Crippen LogP contribution >= 0.6 is 23.2 Å². The van der Waals surface area contributed by atoms with Crippen LogP contribution in [-0.2, 0) is 53.3 Å². The van der Waals surface area contributed by atoms with Crippen LogP contribution in [0.25, 0.3) is 11.1 Å². The minimum atomic E-state index is -1.07. The molecule has 6 aromatic rings. The number of amidine groups is 1. The van der Waals surface area contributed by atoms with Crippen molar-refractivity contribution in [3.8, 4) is 22.9 Å². The average Bonchev–Trinajstić information content (AvgIpc) is 1.51. The van der Waals surface area contributed by atoms with Crippen molar-refractivity contribution in [2.45, 2.75) is 122 Å². The Kier molecular flexibility index (Phi) is 21.6. The Morgan fingerprint density at radius 1 is 0.819 bits per heavy atom. The third kappa shape index (κ3) is 14.8. The maximum absolute atomic E-state index is 14.9. The number of fused-ring (bicyclic) bond motifs is 8. The van der Waals surface area contributed by atoms with E-state index in [0.717, 1.165) is 61.2 Å². The summed E-state index contributed by atoms with van der Waals surface area (Å²) in [5.74, 6) is 0.783. The number of hydrogen-bond donors (Lipinski definition) is 3. The van der Waals surface area contributed by atoms with Crippen LogP contribution in [0, 0.1) is 17.1 Å². The van der Waals surface area contributed by atoms with Crippen LogP contribution in [-0.4, -0.2) is 175 Å². The Morgan fingerprint density at radius 3 is 2.12 bits per heavy atom. The Bertz CT molecular complexity index is 3720. The topological polar surface area (TPSA) is 222 Å². The lowest BCUT2D eigenvalue weighted by atomic mass is 9.71. The summed E-state index contributed by atoms with van der Waals surface area (Å²) in [5, 5.41) is 32.6. The number of aliphatic hydroxyl groups excluding tert-OH is 1. The third-order valence-corrected chi connectivity index (χ3v) is 19.5. The van der Waals surface area contributed by atoms with Gasteiger partial charge in [0, 0.05) is 91.2 Å². The number of hydrogen-bond acceptors (Lipinski definition) is 17. The number of ether oxygens (including phenoxy) is 5. The summed E-state index contributed by atoms with van der Waals surface area (Å²) >= 11 is 13.0. The molecule has 0 spiro atoms. The van der Waals surface area contributed by atoms with E-state index >= 15 is 0 Å². The number of anilines is 2. The van der Waals surface area contributed by atoms with Gasteiger partial charge in [-0.25, -0.2) is 9.37 Å². The van der Waals surface area contributed by atoms with E-state index in [1.165, 1.54) is 12.1 Å². The van der Waals surface area contributed by atoms with Crippen LogP contribution < -0.4 is 20.7 Å². The second-order valence-electron chi connectivity index (χ2n) is 26.0. The fourth-order valence-electron chi connectivity index (χ4n) is 13.5. The molecule has 3 fully saturated rings. The highest BCUT2D eigenvalue weighted by atomic mass is 35.5. The molecule has 2 saturated heterocycles. The number of nitrogens with one attached hydrogen (secondary N) is 1. The number of carbonyl (C=O) groups excluding carboxylic acids is 2. The Balaban J connectivity index is 0.600. The number of piperazine rings is 1. The van der Waals surface area contributed by atoms with Crippen molar-refractivity contribution in [3.63, 3.8) is 0 Å². The van der Waals surface area contributed by atoms with Crippen LogP contribution in [0.4, 0.5) is 15.9 Å². The van der Waals surface area contributed by atoms with E-state index in [4.69, 9.17) is 62.7 Å². The number of benzene rings is 4. The summed E-state index contributed by atoms with van der Waals surface area (Å²) in [7, 11) is 0. The van der Waals surface area contributed by atoms with Gasteiger partial charge < -0.3 is 54.5 Å². The molecule has 11 rings (SSSR count). The summed E-state index contributed by atoms with van der Waals surface area (Å²) in [5.41, 5.74) is 12.0. The van der Waals surface area contributed by atoms with Crippen LogP contribution in [0.1, 0.15) is 129 Å². The van der Waals surface area contributed by atoms with Gasteiger partial charge in [-0.15, -0.1) is 0 Å². The third-order valence-electron chi connectivity index (χ3n) is 19.0. The molecule has 2 amide bonds. The average molecular weight is 1330 g/mol. The smallest absolute Gasteiger partial charge is 0.254 e. The number of carbonyl (C=O) groups is 2. The van der Waals surface area contributed by atoms with Gasteiger partial charge in [0.1, 0.15) is 40.5 Å². The van der Waals surface area contributed by atoms with Crippen molar-refractivity contribution < 1.29 is 42.8 Å². The summed E-state index contributed by atoms with van der Waals surface area (Å²) in [6, 6.07) is 30.3. The first kappa shape index (κ1) is 68.2. The number of aliphatic hydroxyl groups is 1. The molecule has 23 heteroatoms. The van der Waals surface area contributed by atoms with E-state index in [0.29, 0.717) is 140 Å². The molecular formula is C71H87Cl2FN12O8. The van der Waals surface area contributed by atoms with Gasteiger partial charge in [0.15, 0.2) is 6.35 Å². The first-order chi connectivity index (χ1) is 45.3. The van der Waals surface area contributed by atoms with Gasteiger partial charge in [-0.1, -0.05) is 74.3 Å². The molecule has 1 saturated carbocycles. The van der Waals surface area contributed by atoms with Crippen molar-refractivity contribution in [2.75, 3.05) is 116 Å². The molecule has 5 aliphatic rings.